The number of benzene rings is 2. The van der Waals surface area contributed by atoms with Gasteiger partial charge in [-0.2, -0.15) is 9.97 Å². The van der Waals surface area contributed by atoms with Gasteiger partial charge in [0.25, 0.3) is 5.91 Å². The molecule has 2 saturated heterocycles. The summed E-state index contributed by atoms with van der Waals surface area (Å²) in [5.74, 6) is -1.73. The van der Waals surface area contributed by atoms with E-state index in [0.717, 1.165) is 50.6 Å². The first-order chi connectivity index (χ1) is 21.3. The second-order valence-electron chi connectivity index (χ2n) is 12.7. The standard InChI is InChI=1S/C34H36F2N6O2/c1-21(35)32(43)42-15-14-41(19-24(42)18-37-2)31-27-16-28(36)26(25-8-4-6-22-9-10-34(11-12-34)30(22)25)17-29(27)38-33(39-31)44-20-23-7-5-13-40(23)3/h4,6,8,16-17,23-24H,1,5,7,9-15,18-20H2,3H3/t23-,24-/m0/s1. The summed E-state index contributed by atoms with van der Waals surface area (Å²) in [7, 11) is 2.08. The maximum absolute atomic E-state index is 16.2. The molecule has 2 aliphatic heterocycles. The topological polar surface area (TPSA) is 66.2 Å². The number of hydrogen-bond acceptors (Lipinski definition) is 6. The monoisotopic (exact) mass is 598 g/mol. The van der Waals surface area contributed by atoms with Gasteiger partial charge in [-0.1, -0.05) is 24.8 Å². The second-order valence-corrected chi connectivity index (χ2v) is 12.7. The van der Waals surface area contributed by atoms with Crippen LogP contribution in [0, 0.1) is 12.4 Å². The number of piperazine rings is 1. The second kappa shape index (κ2) is 11.1. The molecule has 2 atom stereocenters. The smallest absolute Gasteiger partial charge is 0.319 e. The van der Waals surface area contributed by atoms with Crippen molar-refractivity contribution in [2.24, 2.45) is 0 Å². The first-order valence-electron chi connectivity index (χ1n) is 15.5. The van der Waals surface area contributed by atoms with E-state index >= 15 is 4.39 Å². The van der Waals surface area contributed by atoms with Gasteiger partial charge in [-0.15, -0.1) is 0 Å². The van der Waals surface area contributed by atoms with Gasteiger partial charge in [0.15, 0.2) is 5.83 Å². The molecule has 3 aromatic rings. The molecule has 2 aliphatic carbocycles. The van der Waals surface area contributed by atoms with E-state index in [-0.39, 0.29) is 42.9 Å². The van der Waals surface area contributed by atoms with Crippen LogP contribution >= 0.6 is 0 Å². The molecule has 44 heavy (non-hydrogen) atoms. The van der Waals surface area contributed by atoms with Crippen molar-refractivity contribution in [3.05, 3.63) is 71.1 Å². The summed E-state index contributed by atoms with van der Waals surface area (Å²) >= 11 is 0. The number of hydrogen-bond donors (Lipinski definition) is 0. The molecule has 0 N–H and O–H groups in total. The molecule has 1 saturated carbocycles. The number of aromatic nitrogens is 2. The molecular formula is C34H36F2N6O2. The number of aryl methyl sites for hydroxylation is 1. The third kappa shape index (κ3) is 4.97. The summed E-state index contributed by atoms with van der Waals surface area (Å²) in [6.07, 6.45) is 6.56. The van der Waals surface area contributed by atoms with E-state index in [1.807, 2.05) is 23.1 Å². The molecule has 8 nitrogen and oxygen atoms in total. The van der Waals surface area contributed by atoms with E-state index in [4.69, 9.17) is 21.3 Å². The number of likely N-dealkylation sites (tertiary alicyclic amines) is 1. The Hall–Kier alpha value is -4.10. The van der Waals surface area contributed by atoms with Gasteiger partial charge in [0.2, 0.25) is 6.54 Å². The normalized spacial score (nSPS) is 22.3. The lowest BCUT2D eigenvalue weighted by Gasteiger charge is -2.39. The van der Waals surface area contributed by atoms with Crippen molar-refractivity contribution in [3.63, 3.8) is 0 Å². The van der Waals surface area contributed by atoms with E-state index in [9.17, 15) is 9.18 Å². The number of ether oxygens (including phenoxy) is 1. The average molecular weight is 599 g/mol. The predicted octanol–water partition coefficient (Wildman–Crippen LogP) is 5.31. The van der Waals surface area contributed by atoms with Gasteiger partial charge in [-0.25, -0.2) is 15.4 Å². The average Bonchev–Trinajstić information content (AvgIpc) is 3.55. The van der Waals surface area contributed by atoms with E-state index in [2.05, 4.69) is 29.4 Å². The molecule has 0 bridgehead atoms. The fraction of sp³-hybridized carbons (Fsp3) is 0.471. The molecule has 3 fully saturated rings. The highest BCUT2D eigenvalue weighted by molar-refractivity contribution is 5.94. The van der Waals surface area contributed by atoms with Gasteiger partial charge in [0.05, 0.1) is 5.52 Å². The van der Waals surface area contributed by atoms with Gasteiger partial charge < -0.3 is 24.3 Å². The van der Waals surface area contributed by atoms with Crippen LogP contribution in [-0.4, -0.2) is 84.1 Å². The van der Waals surface area contributed by atoms with Crippen LogP contribution in [0.4, 0.5) is 14.6 Å². The van der Waals surface area contributed by atoms with Crippen molar-refractivity contribution in [1.82, 2.24) is 19.8 Å². The van der Waals surface area contributed by atoms with Crippen LogP contribution in [0.25, 0.3) is 26.9 Å². The quantitative estimate of drug-likeness (QED) is 0.272. The Morgan fingerprint density at radius 2 is 2.00 bits per heavy atom. The van der Waals surface area contributed by atoms with Crippen molar-refractivity contribution in [3.8, 4) is 17.1 Å². The summed E-state index contributed by atoms with van der Waals surface area (Å²) < 4.78 is 36.2. The Morgan fingerprint density at radius 3 is 2.73 bits per heavy atom. The minimum atomic E-state index is -1.05. The molecule has 7 rings (SSSR count). The fourth-order valence-electron chi connectivity index (χ4n) is 7.53. The zero-order chi connectivity index (χ0) is 30.6. The number of rotatable bonds is 7. The Labute approximate surface area is 256 Å². The highest BCUT2D eigenvalue weighted by Gasteiger charge is 2.50. The van der Waals surface area contributed by atoms with Crippen LogP contribution in [0.15, 0.2) is 42.7 Å². The lowest BCUT2D eigenvalue weighted by atomic mass is 9.89. The zero-order valence-electron chi connectivity index (χ0n) is 25.0. The Bertz CT molecular complexity index is 1700. The van der Waals surface area contributed by atoms with Crippen LogP contribution in [-0.2, 0) is 16.6 Å². The molecule has 1 amide bonds. The molecule has 0 radical (unpaired) electrons. The molecule has 4 aliphatic rings. The first kappa shape index (κ1) is 28.7. The SMILES string of the molecule is [C-]#[N+]C[C@H]1CN(c2nc(OC[C@@H]3CCCN3C)nc3cc(-c4cccc5c4C4(CC5)CC4)c(F)cc23)CCN1C(=O)C(=C)F. The van der Waals surface area contributed by atoms with Crippen molar-refractivity contribution in [2.45, 2.75) is 56.0 Å². The number of carbonyl (C=O) groups excluding carboxylic acids is 1. The van der Waals surface area contributed by atoms with E-state index < -0.39 is 17.8 Å². The number of likely N-dealkylation sites (N-methyl/N-ethyl adjacent to an activating group) is 1. The van der Waals surface area contributed by atoms with Crippen LogP contribution in [0.2, 0.25) is 0 Å². The summed E-state index contributed by atoms with van der Waals surface area (Å²) in [6, 6.07) is 9.42. The van der Waals surface area contributed by atoms with E-state index in [1.165, 1.54) is 22.1 Å². The van der Waals surface area contributed by atoms with Gasteiger partial charge in [-0.05, 0) is 86.4 Å². The number of halogens is 2. The van der Waals surface area contributed by atoms with E-state index in [1.54, 1.807) is 0 Å². The van der Waals surface area contributed by atoms with Gasteiger partial charge in [-0.3, -0.25) is 4.79 Å². The highest BCUT2D eigenvalue weighted by Crippen LogP contribution is 2.59. The minimum Gasteiger partial charge on any atom is -0.462 e. The molecule has 1 spiro atoms. The molecular weight excluding hydrogens is 562 g/mol. The lowest BCUT2D eigenvalue weighted by molar-refractivity contribution is -0.131. The maximum Gasteiger partial charge on any atom is 0.319 e. The maximum atomic E-state index is 16.2. The highest BCUT2D eigenvalue weighted by atomic mass is 19.1. The van der Waals surface area contributed by atoms with Crippen molar-refractivity contribution >= 4 is 22.6 Å². The molecule has 10 heteroatoms. The van der Waals surface area contributed by atoms with Gasteiger partial charge in [0.1, 0.15) is 24.3 Å². The Balaban J connectivity index is 1.30. The molecule has 228 valence electrons. The fourth-order valence-corrected chi connectivity index (χ4v) is 7.53. The third-order valence-corrected chi connectivity index (χ3v) is 10.1. The summed E-state index contributed by atoms with van der Waals surface area (Å²) in [4.78, 5) is 31.1. The first-order valence-corrected chi connectivity index (χ1v) is 15.5. The molecule has 2 aromatic carbocycles. The zero-order valence-corrected chi connectivity index (χ0v) is 25.0. The number of amides is 1. The number of anilines is 1. The van der Waals surface area contributed by atoms with Crippen molar-refractivity contribution in [2.75, 3.05) is 51.3 Å². The summed E-state index contributed by atoms with van der Waals surface area (Å²) in [6.45, 7) is 12.8. The Kier molecular flexibility index (Phi) is 7.24. The number of nitrogens with zero attached hydrogens (tertiary/aromatic N) is 6. The lowest BCUT2D eigenvalue weighted by Crippen LogP contribution is -2.56. The van der Waals surface area contributed by atoms with Crippen LogP contribution in [0.5, 0.6) is 6.01 Å². The van der Waals surface area contributed by atoms with E-state index in [0.29, 0.717) is 35.4 Å². The predicted molar refractivity (Wildman–Crippen MR) is 165 cm³/mol. The number of fused-ring (bicyclic) bond motifs is 3. The van der Waals surface area contributed by atoms with Gasteiger partial charge in [0, 0.05) is 36.6 Å². The van der Waals surface area contributed by atoms with Gasteiger partial charge >= 0.3 is 6.01 Å². The summed E-state index contributed by atoms with van der Waals surface area (Å²) in [5.41, 5.74) is 4.79. The number of carbonyl (C=O) groups is 1. The molecule has 0 unspecified atom stereocenters. The molecule has 1 aromatic heterocycles. The van der Waals surface area contributed by atoms with Crippen LogP contribution in [0.3, 0.4) is 0 Å². The Morgan fingerprint density at radius 1 is 1.16 bits per heavy atom. The minimum absolute atomic E-state index is 0.00468. The van der Waals surface area contributed by atoms with Crippen LogP contribution < -0.4 is 9.64 Å². The van der Waals surface area contributed by atoms with Crippen molar-refractivity contribution < 1.29 is 18.3 Å². The third-order valence-electron chi connectivity index (χ3n) is 10.1. The molecule has 3 heterocycles. The van der Waals surface area contributed by atoms with Crippen molar-refractivity contribution in [1.29, 1.82) is 0 Å². The largest absolute Gasteiger partial charge is 0.462 e. The van der Waals surface area contributed by atoms with Crippen LogP contribution in [0.1, 0.15) is 43.2 Å². The summed E-state index contributed by atoms with van der Waals surface area (Å²) in [5, 5.41) is 0.529.